The molecule has 8 heteroatoms. The molecule has 0 saturated heterocycles. The standard InChI is InChI=1S/C72H104O8/c1-5-9-13-17-21-25-29-33-37-53-57-41-59-54(38-34-30-26-22-18-14-10-6-2)61-43-63-56(40-36-32-28-24-20-16-12-8-4)64-44-62-55(39-35-31-27-23-19-15-11-7-3)60-42-58(53)66-46-68(60)76-51-78-70(62)48-72(64)80-52-79-71(63)47-69(61)77-50-75-67(59)45-65(57)73-49-74-66/h41-48,53-56H,5-40,49-52H2,1-4H3. The second-order valence-electron chi connectivity index (χ2n) is 24.6. The highest BCUT2D eigenvalue weighted by Gasteiger charge is 2.37. The first-order valence-corrected chi connectivity index (χ1v) is 33.3. The fourth-order valence-corrected chi connectivity index (χ4v) is 14.0. The molecule has 0 fully saturated rings. The minimum absolute atomic E-state index is 0.0260. The molecule has 4 heterocycles. The summed E-state index contributed by atoms with van der Waals surface area (Å²) in [5.41, 5.74) is 9.87. The summed E-state index contributed by atoms with van der Waals surface area (Å²) >= 11 is 0. The number of hydrogen-bond donors (Lipinski definition) is 0. The second kappa shape index (κ2) is 32.2. The molecule has 8 nitrogen and oxygen atoms in total. The highest BCUT2D eigenvalue weighted by Crippen LogP contribution is 2.55. The average molecular weight is 1100 g/mol. The van der Waals surface area contributed by atoms with Crippen LogP contribution in [0.1, 0.15) is 327 Å². The van der Waals surface area contributed by atoms with Crippen LogP contribution in [0.3, 0.4) is 0 Å². The van der Waals surface area contributed by atoms with Gasteiger partial charge >= 0.3 is 0 Å². The van der Waals surface area contributed by atoms with E-state index in [2.05, 4.69) is 76.2 Å². The summed E-state index contributed by atoms with van der Waals surface area (Å²) in [6.07, 6.45) is 44.5. The molecule has 9 rings (SSSR count). The highest BCUT2D eigenvalue weighted by atomic mass is 16.7. The molecule has 4 aliphatic heterocycles. The van der Waals surface area contributed by atoms with Gasteiger partial charge in [-0.15, -0.1) is 0 Å². The van der Waals surface area contributed by atoms with Crippen LogP contribution in [0.15, 0.2) is 48.5 Å². The number of ether oxygens (including phenoxy) is 8. The van der Waals surface area contributed by atoms with Crippen LogP contribution < -0.4 is 37.9 Å². The van der Waals surface area contributed by atoms with E-state index in [0.717, 1.165) is 97.4 Å². The van der Waals surface area contributed by atoms with Crippen LogP contribution in [0, 0.1) is 0 Å². The molecule has 0 spiro atoms. The molecule has 0 saturated carbocycles. The van der Waals surface area contributed by atoms with Crippen LogP contribution in [0.2, 0.25) is 0 Å². The van der Waals surface area contributed by atoms with Crippen LogP contribution >= 0.6 is 0 Å². The van der Waals surface area contributed by atoms with Crippen molar-refractivity contribution >= 4 is 0 Å². The van der Waals surface area contributed by atoms with Crippen molar-refractivity contribution in [3.63, 3.8) is 0 Å². The zero-order valence-electron chi connectivity index (χ0n) is 50.5. The molecule has 4 aromatic rings. The Morgan fingerprint density at radius 1 is 0.212 bits per heavy atom. The number of hydrogen-bond acceptors (Lipinski definition) is 8. The van der Waals surface area contributed by atoms with Gasteiger partial charge < -0.3 is 37.9 Å². The van der Waals surface area contributed by atoms with Crippen LogP contribution in [0.25, 0.3) is 0 Å². The quantitative estimate of drug-likeness (QED) is 0.0417. The van der Waals surface area contributed by atoms with E-state index in [9.17, 15) is 0 Å². The Labute approximate surface area is 484 Å². The van der Waals surface area contributed by atoms with Crippen molar-refractivity contribution in [2.24, 2.45) is 0 Å². The minimum Gasteiger partial charge on any atom is -0.457 e. The average Bonchev–Trinajstić information content (AvgIpc) is 3.48. The third kappa shape index (κ3) is 15.9. The van der Waals surface area contributed by atoms with Crippen molar-refractivity contribution < 1.29 is 37.9 Å². The number of benzene rings is 4. The summed E-state index contributed by atoms with van der Waals surface area (Å²) in [6.45, 7) is 9.57. The second-order valence-corrected chi connectivity index (χ2v) is 24.6. The topological polar surface area (TPSA) is 73.8 Å². The Hall–Kier alpha value is -4.72. The molecule has 0 amide bonds. The van der Waals surface area contributed by atoms with E-state index in [1.54, 1.807) is 0 Å². The van der Waals surface area contributed by atoms with Gasteiger partial charge in [0, 0.05) is 92.4 Å². The van der Waals surface area contributed by atoms with Crippen LogP contribution in [-0.2, 0) is 0 Å². The lowest BCUT2D eigenvalue weighted by Gasteiger charge is -2.35. The Kier molecular flexibility index (Phi) is 24.1. The third-order valence-corrected chi connectivity index (χ3v) is 18.7. The first-order chi connectivity index (χ1) is 39.6. The third-order valence-electron chi connectivity index (χ3n) is 18.7. The molecular weight excluding hydrogens is 993 g/mol. The Morgan fingerprint density at radius 2 is 0.362 bits per heavy atom. The fraction of sp³-hybridized carbons (Fsp3) is 0.667. The lowest BCUT2D eigenvalue weighted by atomic mass is 9.76. The summed E-state index contributed by atoms with van der Waals surface area (Å²) in [4.78, 5) is 0. The van der Waals surface area contributed by atoms with Crippen LogP contribution in [0.4, 0.5) is 0 Å². The summed E-state index contributed by atoms with van der Waals surface area (Å²) in [5, 5.41) is 0. The lowest BCUT2D eigenvalue weighted by Crippen LogP contribution is -2.22. The molecule has 0 N–H and O–H groups in total. The molecule has 8 bridgehead atoms. The van der Waals surface area contributed by atoms with Crippen molar-refractivity contribution in [1.82, 2.24) is 0 Å². The molecule has 4 aromatic carbocycles. The van der Waals surface area contributed by atoms with Gasteiger partial charge in [-0.25, -0.2) is 0 Å². The van der Waals surface area contributed by atoms with E-state index in [1.807, 2.05) is 0 Å². The van der Waals surface area contributed by atoms with Gasteiger partial charge in [-0.3, -0.25) is 0 Å². The molecule has 1 aliphatic carbocycles. The first kappa shape index (κ1) is 59.9. The zero-order valence-corrected chi connectivity index (χ0v) is 50.5. The Balaban J connectivity index is 1.20. The zero-order chi connectivity index (χ0) is 55.1. The molecule has 5 aliphatic rings. The van der Waals surface area contributed by atoms with Crippen LogP contribution in [0.5, 0.6) is 46.0 Å². The van der Waals surface area contributed by atoms with E-state index >= 15 is 0 Å². The summed E-state index contributed by atoms with van der Waals surface area (Å²) < 4.78 is 54.3. The van der Waals surface area contributed by atoms with Crippen molar-refractivity contribution in [3.05, 3.63) is 93.0 Å². The SMILES string of the molecule is CCCCCCCCCCC1c2cc3c4cc2OCOc2cc5c(cc21)C(CCCCCCCCCC)c1cc2c(cc1OCO5)OCOc1cc(c(cc1C2CCCCCCCCCC)C3CCCCCCCCCC)OCO4. The van der Waals surface area contributed by atoms with Gasteiger partial charge in [0.1, 0.15) is 46.0 Å². The predicted octanol–water partition coefficient (Wildman–Crippen LogP) is 21.6. The fourth-order valence-electron chi connectivity index (χ4n) is 14.0. The molecule has 80 heavy (non-hydrogen) atoms. The van der Waals surface area contributed by atoms with Gasteiger partial charge in [0.25, 0.3) is 0 Å². The maximum absolute atomic E-state index is 6.79. The summed E-state index contributed by atoms with van der Waals surface area (Å²) in [6, 6.07) is 18.8. The maximum atomic E-state index is 6.79. The van der Waals surface area contributed by atoms with Crippen molar-refractivity contribution in [2.45, 2.75) is 283 Å². The predicted molar refractivity (Wildman–Crippen MR) is 327 cm³/mol. The smallest absolute Gasteiger partial charge is 0.230 e. The molecular formula is C72H104O8. The molecule has 0 radical (unpaired) electrons. The molecule has 0 aromatic heterocycles. The molecule has 440 valence electrons. The van der Waals surface area contributed by atoms with Gasteiger partial charge in [-0.05, 0) is 49.9 Å². The lowest BCUT2D eigenvalue weighted by molar-refractivity contribution is 0.0985. The van der Waals surface area contributed by atoms with Gasteiger partial charge in [0.2, 0.25) is 27.2 Å². The monoisotopic (exact) mass is 1100 g/mol. The van der Waals surface area contributed by atoms with Gasteiger partial charge in [0.05, 0.1) is 0 Å². The van der Waals surface area contributed by atoms with Crippen molar-refractivity contribution in [3.8, 4) is 46.0 Å². The van der Waals surface area contributed by atoms with Crippen LogP contribution in [-0.4, -0.2) is 27.2 Å². The van der Waals surface area contributed by atoms with E-state index in [0.29, 0.717) is 0 Å². The van der Waals surface area contributed by atoms with E-state index in [4.69, 9.17) is 37.9 Å². The molecule has 0 atom stereocenters. The van der Waals surface area contributed by atoms with E-state index in [-0.39, 0.29) is 50.8 Å². The van der Waals surface area contributed by atoms with Crippen molar-refractivity contribution in [1.29, 1.82) is 0 Å². The first-order valence-electron chi connectivity index (χ1n) is 33.3. The largest absolute Gasteiger partial charge is 0.457 e. The van der Waals surface area contributed by atoms with Gasteiger partial charge in [-0.1, -0.05) is 233 Å². The van der Waals surface area contributed by atoms with Gasteiger partial charge in [0.15, 0.2) is 0 Å². The van der Waals surface area contributed by atoms with E-state index in [1.165, 1.54) is 224 Å². The minimum atomic E-state index is 0.0260. The Bertz CT molecular complexity index is 2040. The maximum Gasteiger partial charge on any atom is 0.230 e. The normalized spacial score (nSPS) is 18.1. The number of rotatable bonds is 36. The molecule has 0 unspecified atom stereocenters. The highest BCUT2D eigenvalue weighted by molar-refractivity contribution is 5.64. The van der Waals surface area contributed by atoms with Gasteiger partial charge in [-0.2, -0.15) is 0 Å². The summed E-state index contributed by atoms with van der Waals surface area (Å²) in [7, 11) is 0. The number of unbranched alkanes of at least 4 members (excludes halogenated alkanes) is 28. The van der Waals surface area contributed by atoms with E-state index < -0.39 is 0 Å². The summed E-state index contributed by atoms with van der Waals surface area (Å²) in [5.74, 6) is 6.87. The van der Waals surface area contributed by atoms with Crippen molar-refractivity contribution in [2.75, 3.05) is 27.2 Å². The Morgan fingerprint density at radius 3 is 0.525 bits per heavy atom.